The molecule has 0 fully saturated rings. The van der Waals surface area contributed by atoms with E-state index < -0.39 is 0 Å². The summed E-state index contributed by atoms with van der Waals surface area (Å²) in [5.74, 6) is 1.20. The monoisotopic (exact) mass is 325 g/mol. The van der Waals surface area contributed by atoms with E-state index in [0.29, 0.717) is 34.7 Å². The maximum Gasteiger partial charge on any atom is 0.179 e. The Morgan fingerprint density at radius 3 is 2.52 bits per heavy atom. The van der Waals surface area contributed by atoms with Crippen LogP contribution in [-0.2, 0) is 6.54 Å². The van der Waals surface area contributed by atoms with E-state index in [4.69, 9.17) is 32.7 Å². The number of anilines is 1. The van der Waals surface area contributed by atoms with Crippen LogP contribution < -0.4 is 14.8 Å². The highest BCUT2D eigenvalue weighted by Crippen LogP contribution is 2.36. The number of rotatable bonds is 6. The van der Waals surface area contributed by atoms with Gasteiger partial charge >= 0.3 is 0 Å². The van der Waals surface area contributed by atoms with Gasteiger partial charge in [0.05, 0.1) is 29.4 Å². The lowest BCUT2D eigenvalue weighted by molar-refractivity contribution is 0.311. The molecule has 1 N–H and O–H groups in total. The summed E-state index contributed by atoms with van der Waals surface area (Å²) >= 11 is 12.4. The molecule has 2 aromatic carbocycles. The van der Waals surface area contributed by atoms with Gasteiger partial charge in [-0.2, -0.15) is 0 Å². The lowest BCUT2D eigenvalue weighted by Gasteiger charge is -2.14. The topological polar surface area (TPSA) is 30.5 Å². The third kappa shape index (κ3) is 3.96. The van der Waals surface area contributed by atoms with E-state index in [2.05, 4.69) is 5.32 Å². The van der Waals surface area contributed by atoms with E-state index >= 15 is 0 Å². The molecule has 0 bridgehead atoms. The van der Waals surface area contributed by atoms with Crippen molar-refractivity contribution in [3.8, 4) is 11.5 Å². The van der Waals surface area contributed by atoms with Crippen LogP contribution in [0.4, 0.5) is 5.69 Å². The number of ether oxygens (including phenoxy) is 2. The first-order chi connectivity index (χ1) is 10.2. The van der Waals surface area contributed by atoms with Gasteiger partial charge in [0.15, 0.2) is 11.5 Å². The average molecular weight is 326 g/mol. The van der Waals surface area contributed by atoms with Gasteiger partial charge in [-0.25, -0.2) is 0 Å². The number of para-hydroxylation sites is 1. The van der Waals surface area contributed by atoms with Gasteiger partial charge in [-0.15, -0.1) is 0 Å². The first-order valence-electron chi connectivity index (χ1n) is 6.63. The summed E-state index contributed by atoms with van der Waals surface area (Å²) in [5, 5.41) is 4.49. The Morgan fingerprint density at radius 2 is 1.86 bits per heavy atom. The maximum atomic E-state index is 6.25. The van der Waals surface area contributed by atoms with Crippen LogP contribution >= 0.6 is 23.2 Å². The van der Waals surface area contributed by atoms with Gasteiger partial charge in [-0.05, 0) is 36.8 Å². The summed E-state index contributed by atoms with van der Waals surface area (Å²) in [7, 11) is 1.60. The number of methoxy groups -OCH3 is 1. The second-order valence-corrected chi connectivity index (χ2v) is 5.19. The Balaban J connectivity index is 2.17. The Bertz CT molecular complexity index is 617. The molecule has 0 atom stereocenters. The molecule has 2 aromatic rings. The van der Waals surface area contributed by atoms with Crippen molar-refractivity contribution in [2.45, 2.75) is 13.5 Å². The molecule has 0 amide bonds. The molecule has 0 aliphatic heterocycles. The van der Waals surface area contributed by atoms with Crippen molar-refractivity contribution >= 4 is 28.9 Å². The molecular weight excluding hydrogens is 309 g/mol. The Morgan fingerprint density at radius 1 is 1.10 bits per heavy atom. The quantitative estimate of drug-likeness (QED) is 0.809. The molecule has 0 heterocycles. The third-order valence-electron chi connectivity index (χ3n) is 2.93. The zero-order chi connectivity index (χ0) is 15.2. The van der Waals surface area contributed by atoms with Gasteiger partial charge in [-0.1, -0.05) is 35.3 Å². The van der Waals surface area contributed by atoms with Gasteiger partial charge in [0.2, 0.25) is 0 Å². The summed E-state index contributed by atoms with van der Waals surface area (Å²) in [4.78, 5) is 0. The highest BCUT2D eigenvalue weighted by Gasteiger charge is 2.11. The highest BCUT2D eigenvalue weighted by atomic mass is 35.5. The minimum Gasteiger partial charge on any atom is -0.493 e. The molecule has 3 nitrogen and oxygen atoms in total. The number of nitrogens with one attached hydrogen (secondary N) is 1. The number of benzene rings is 2. The minimum absolute atomic E-state index is 0.534. The molecule has 21 heavy (non-hydrogen) atoms. The number of hydrogen-bond acceptors (Lipinski definition) is 3. The predicted molar refractivity (Wildman–Crippen MR) is 88.0 cm³/mol. The largest absolute Gasteiger partial charge is 0.493 e. The zero-order valence-corrected chi connectivity index (χ0v) is 13.5. The first kappa shape index (κ1) is 15.8. The van der Waals surface area contributed by atoms with Crippen molar-refractivity contribution in [2.24, 2.45) is 0 Å². The number of halogens is 2. The molecule has 0 saturated carbocycles. The molecule has 0 aromatic heterocycles. The predicted octanol–water partition coefficient (Wildman–Crippen LogP) is 5.01. The van der Waals surface area contributed by atoms with Crippen LogP contribution in [0.25, 0.3) is 0 Å². The summed E-state index contributed by atoms with van der Waals surface area (Å²) in [6, 6.07) is 11.4. The fourth-order valence-electron chi connectivity index (χ4n) is 1.96. The van der Waals surface area contributed by atoms with Gasteiger partial charge in [0.25, 0.3) is 0 Å². The van der Waals surface area contributed by atoms with Crippen LogP contribution in [0.15, 0.2) is 36.4 Å². The summed E-state index contributed by atoms with van der Waals surface area (Å²) in [6.07, 6.45) is 0. The molecule has 0 unspecified atom stereocenters. The standard InChI is InChI=1S/C16H17Cl2NO2/c1-3-21-16-13(18)8-11(9-15(16)20-2)10-19-14-7-5-4-6-12(14)17/h4-9,19H,3,10H2,1-2H3. The molecule has 0 aliphatic rings. The van der Waals surface area contributed by atoms with Crippen molar-refractivity contribution in [2.75, 3.05) is 19.0 Å². The number of hydrogen-bond donors (Lipinski definition) is 1. The fourth-order valence-corrected chi connectivity index (χ4v) is 2.45. The van der Waals surface area contributed by atoms with Crippen molar-refractivity contribution in [3.05, 3.63) is 52.0 Å². The lowest BCUT2D eigenvalue weighted by atomic mass is 10.2. The summed E-state index contributed by atoms with van der Waals surface area (Å²) in [6.45, 7) is 3.03. The normalized spacial score (nSPS) is 10.3. The molecule has 0 aliphatic carbocycles. The van der Waals surface area contributed by atoms with Crippen molar-refractivity contribution in [3.63, 3.8) is 0 Å². The SMILES string of the molecule is CCOc1c(Cl)cc(CNc2ccccc2Cl)cc1OC. The van der Waals surface area contributed by atoms with E-state index in [1.54, 1.807) is 7.11 Å². The van der Waals surface area contributed by atoms with Gasteiger partial charge in [0, 0.05) is 6.54 Å². The summed E-state index contributed by atoms with van der Waals surface area (Å²) in [5.41, 5.74) is 1.86. The summed E-state index contributed by atoms with van der Waals surface area (Å²) < 4.78 is 10.8. The van der Waals surface area contributed by atoms with Crippen molar-refractivity contribution < 1.29 is 9.47 Å². The lowest BCUT2D eigenvalue weighted by Crippen LogP contribution is -2.02. The zero-order valence-electron chi connectivity index (χ0n) is 12.0. The van der Waals surface area contributed by atoms with Gasteiger partial charge in [0.1, 0.15) is 0 Å². The van der Waals surface area contributed by atoms with E-state index in [1.807, 2.05) is 43.3 Å². The molecular formula is C16H17Cl2NO2. The smallest absolute Gasteiger partial charge is 0.179 e. The fraction of sp³-hybridized carbons (Fsp3) is 0.250. The minimum atomic E-state index is 0.534. The van der Waals surface area contributed by atoms with E-state index in [1.165, 1.54) is 0 Å². The molecule has 0 spiro atoms. The van der Waals surface area contributed by atoms with Crippen LogP contribution in [0.2, 0.25) is 10.0 Å². The molecule has 0 radical (unpaired) electrons. The van der Waals surface area contributed by atoms with E-state index in [9.17, 15) is 0 Å². The van der Waals surface area contributed by atoms with E-state index in [-0.39, 0.29) is 0 Å². The Labute approximate surface area is 134 Å². The van der Waals surface area contributed by atoms with Crippen LogP contribution in [-0.4, -0.2) is 13.7 Å². The Hall–Kier alpha value is -1.58. The van der Waals surface area contributed by atoms with Crippen LogP contribution in [0.5, 0.6) is 11.5 Å². The first-order valence-corrected chi connectivity index (χ1v) is 7.39. The average Bonchev–Trinajstić information content (AvgIpc) is 2.48. The second-order valence-electron chi connectivity index (χ2n) is 4.38. The molecule has 0 saturated heterocycles. The molecule has 5 heteroatoms. The second kappa shape index (κ2) is 7.43. The third-order valence-corrected chi connectivity index (χ3v) is 3.55. The molecule has 112 valence electrons. The van der Waals surface area contributed by atoms with Crippen LogP contribution in [0.3, 0.4) is 0 Å². The van der Waals surface area contributed by atoms with Crippen molar-refractivity contribution in [1.29, 1.82) is 0 Å². The Kier molecular flexibility index (Phi) is 5.59. The van der Waals surface area contributed by atoms with Gasteiger partial charge in [-0.3, -0.25) is 0 Å². The maximum absolute atomic E-state index is 6.25. The van der Waals surface area contributed by atoms with Gasteiger partial charge < -0.3 is 14.8 Å². The highest BCUT2D eigenvalue weighted by molar-refractivity contribution is 6.33. The van der Waals surface area contributed by atoms with E-state index in [0.717, 1.165) is 11.3 Å². The van der Waals surface area contributed by atoms with Crippen LogP contribution in [0.1, 0.15) is 12.5 Å². The van der Waals surface area contributed by atoms with Crippen LogP contribution in [0, 0.1) is 0 Å². The van der Waals surface area contributed by atoms with Crippen molar-refractivity contribution in [1.82, 2.24) is 0 Å². The molecule has 2 rings (SSSR count).